The molecular formula is C27H25N3O3S. The van der Waals surface area contributed by atoms with Crippen molar-refractivity contribution in [2.24, 2.45) is 0 Å². The standard InChI is InChI=1S/C27H25N3O3S/c31-26(29-13-5-9-20(16-29)25-28-21-10-3-4-12-24(21)34-25)22-15-18-7-1-2-8-19(18)17-30(22)27(32)23-11-6-14-33-23/h1-4,6-8,10-12,14,20,22H,5,9,13,15-17H2/t20-,22-/m1/s1. The molecule has 2 atom stereocenters. The van der Waals surface area contributed by atoms with Crippen molar-refractivity contribution in [2.45, 2.75) is 37.8 Å². The number of nitrogens with zero attached hydrogens (tertiary/aromatic N) is 3. The van der Waals surface area contributed by atoms with Gasteiger partial charge in [-0.2, -0.15) is 0 Å². The lowest BCUT2D eigenvalue weighted by Crippen LogP contribution is -2.55. The fraction of sp³-hybridized carbons (Fsp3) is 0.296. The Hall–Kier alpha value is -3.45. The molecule has 2 aromatic carbocycles. The van der Waals surface area contributed by atoms with Crippen LogP contribution in [0.15, 0.2) is 71.3 Å². The molecular weight excluding hydrogens is 446 g/mol. The van der Waals surface area contributed by atoms with E-state index in [0.29, 0.717) is 26.1 Å². The average Bonchev–Trinajstić information content (AvgIpc) is 3.57. The van der Waals surface area contributed by atoms with Crippen LogP contribution in [0.4, 0.5) is 0 Å². The van der Waals surface area contributed by atoms with Crippen molar-refractivity contribution in [3.63, 3.8) is 0 Å². The first-order valence-corrected chi connectivity index (χ1v) is 12.5. The third-order valence-corrected chi connectivity index (χ3v) is 8.12. The Morgan fingerprint density at radius 2 is 1.82 bits per heavy atom. The van der Waals surface area contributed by atoms with Gasteiger partial charge in [-0.15, -0.1) is 11.3 Å². The number of carbonyl (C=O) groups is 2. The molecule has 2 aliphatic heterocycles. The van der Waals surface area contributed by atoms with E-state index in [1.165, 1.54) is 11.0 Å². The predicted molar refractivity (Wildman–Crippen MR) is 131 cm³/mol. The number of piperidine rings is 1. The van der Waals surface area contributed by atoms with Gasteiger partial charge < -0.3 is 14.2 Å². The molecule has 34 heavy (non-hydrogen) atoms. The van der Waals surface area contributed by atoms with Crippen LogP contribution >= 0.6 is 11.3 Å². The molecule has 172 valence electrons. The summed E-state index contributed by atoms with van der Waals surface area (Å²) in [5.41, 5.74) is 3.23. The third kappa shape index (κ3) is 3.80. The third-order valence-electron chi connectivity index (χ3n) is 6.92. The maximum absolute atomic E-state index is 13.9. The first-order chi connectivity index (χ1) is 16.7. The van der Waals surface area contributed by atoms with Crippen molar-refractivity contribution in [3.05, 3.63) is 88.8 Å². The first-order valence-electron chi connectivity index (χ1n) is 11.7. The van der Waals surface area contributed by atoms with Crippen molar-refractivity contribution in [1.82, 2.24) is 14.8 Å². The van der Waals surface area contributed by atoms with E-state index in [4.69, 9.17) is 9.40 Å². The molecule has 0 N–H and O–H groups in total. The highest BCUT2D eigenvalue weighted by molar-refractivity contribution is 7.18. The average molecular weight is 472 g/mol. The molecule has 2 aliphatic rings. The molecule has 0 unspecified atom stereocenters. The van der Waals surface area contributed by atoms with Gasteiger partial charge in [-0.1, -0.05) is 36.4 Å². The molecule has 0 aliphatic carbocycles. The molecule has 4 aromatic rings. The fourth-order valence-corrected chi connectivity index (χ4v) is 6.25. The van der Waals surface area contributed by atoms with Crippen LogP contribution in [0.3, 0.4) is 0 Å². The number of carbonyl (C=O) groups excluding carboxylic acids is 2. The smallest absolute Gasteiger partial charge is 0.290 e. The van der Waals surface area contributed by atoms with E-state index in [9.17, 15) is 9.59 Å². The summed E-state index contributed by atoms with van der Waals surface area (Å²) in [6, 6.07) is 19.1. The van der Waals surface area contributed by atoms with Gasteiger partial charge in [0, 0.05) is 32.0 Å². The SMILES string of the molecule is O=C([C@H]1Cc2ccccc2CN1C(=O)c1ccco1)N1CCC[C@@H](c2nc3ccccc3s2)C1. The van der Waals surface area contributed by atoms with E-state index < -0.39 is 6.04 Å². The number of hydrogen-bond donors (Lipinski definition) is 0. The molecule has 6 nitrogen and oxygen atoms in total. The van der Waals surface area contributed by atoms with Gasteiger partial charge >= 0.3 is 0 Å². The lowest BCUT2D eigenvalue weighted by molar-refractivity contribution is -0.138. The van der Waals surface area contributed by atoms with Crippen LogP contribution in [0, 0.1) is 0 Å². The largest absolute Gasteiger partial charge is 0.459 e. The highest BCUT2D eigenvalue weighted by atomic mass is 32.1. The number of aromatic nitrogens is 1. The zero-order valence-electron chi connectivity index (χ0n) is 18.7. The van der Waals surface area contributed by atoms with Gasteiger partial charge in [-0.3, -0.25) is 9.59 Å². The highest BCUT2D eigenvalue weighted by Crippen LogP contribution is 2.34. The Bertz CT molecular complexity index is 1310. The molecule has 2 amide bonds. The molecule has 0 radical (unpaired) electrons. The molecule has 0 spiro atoms. The summed E-state index contributed by atoms with van der Waals surface area (Å²) in [4.78, 5) is 35.7. The molecule has 0 bridgehead atoms. The van der Waals surface area contributed by atoms with Crippen LogP contribution in [0.2, 0.25) is 0 Å². The van der Waals surface area contributed by atoms with Crippen molar-refractivity contribution >= 4 is 33.4 Å². The van der Waals surface area contributed by atoms with Crippen molar-refractivity contribution in [1.29, 1.82) is 0 Å². The Labute approximate surface area is 201 Å². The summed E-state index contributed by atoms with van der Waals surface area (Å²) >= 11 is 1.72. The summed E-state index contributed by atoms with van der Waals surface area (Å²) in [6.45, 7) is 1.75. The van der Waals surface area contributed by atoms with E-state index >= 15 is 0 Å². The maximum Gasteiger partial charge on any atom is 0.290 e. The Balaban J connectivity index is 1.27. The number of thiazole rings is 1. The van der Waals surface area contributed by atoms with Crippen LogP contribution in [0.5, 0.6) is 0 Å². The number of rotatable bonds is 3. The minimum absolute atomic E-state index is 0.0141. The second kappa shape index (κ2) is 8.72. The lowest BCUT2D eigenvalue weighted by atomic mass is 9.91. The Morgan fingerprint density at radius 3 is 2.65 bits per heavy atom. The van der Waals surface area contributed by atoms with Gasteiger partial charge in [0.2, 0.25) is 5.91 Å². The van der Waals surface area contributed by atoms with Gasteiger partial charge in [-0.05, 0) is 48.2 Å². The number of fused-ring (bicyclic) bond motifs is 2. The number of para-hydroxylation sites is 1. The number of benzene rings is 2. The second-order valence-corrected chi connectivity index (χ2v) is 10.1. The van der Waals surface area contributed by atoms with Crippen molar-refractivity contribution in [3.8, 4) is 0 Å². The number of amides is 2. The van der Waals surface area contributed by atoms with Crippen molar-refractivity contribution in [2.75, 3.05) is 13.1 Å². The van der Waals surface area contributed by atoms with Crippen LogP contribution in [0.25, 0.3) is 10.2 Å². The van der Waals surface area contributed by atoms with Gasteiger partial charge in [0.05, 0.1) is 21.5 Å². The van der Waals surface area contributed by atoms with Crippen LogP contribution in [-0.2, 0) is 17.8 Å². The maximum atomic E-state index is 13.9. The van der Waals surface area contributed by atoms with Crippen LogP contribution in [0.1, 0.15) is 45.4 Å². The van der Waals surface area contributed by atoms with Crippen molar-refractivity contribution < 1.29 is 14.0 Å². The zero-order chi connectivity index (χ0) is 23.1. The van der Waals surface area contributed by atoms with Gasteiger partial charge in [0.15, 0.2) is 5.76 Å². The molecule has 1 fully saturated rings. The van der Waals surface area contributed by atoms with E-state index in [1.807, 2.05) is 41.3 Å². The number of hydrogen-bond acceptors (Lipinski definition) is 5. The van der Waals surface area contributed by atoms with Crippen LogP contribution < -0.4 is 0 Å². The quantitative estimate of drug-likeness (QED) is 0.428. The minimum Gasteiger partial charge on any atom is -0.459 e. The summed E-state index contributed by atoms with van der Waals surface area (Å²) in [7, 11) is 0. The number of likely N-dealkylation sites (tertiary alicyclic amines) is 1. The predicted octanol–water partition coefficient (Wildman–Crippen LogP) is 4.86. The summed E-state index contributed by atoms with van der Waals surface area (Å²) in [6.07, 6.45) is 3.97. The second-order valence-electron chi connectivity index (χ2n) is 9.04. The van der Waals surface area contributed by atoms with Gasteiger partial charge in [-0.25, -0.2) is 4.98 Å². The fourth-order valence-electron chi connectivity index (χ4n) is 5.15. The minimum atomic E-state index is -0.540. The Morgan fingerprint density at radius 1 is 1.00 bits per heavy atom. The topological polar surface area (TPSA) is 66.7 Å². The first kappa shape index (κ1) is 21.1. The van der Waals surface area contributed by atoms with E-state index in [2.05, 4.69) is 12.1 Å². The van der Waals surface area contributed by atoms with E-state index in [-0.39, 0.29) is 23.5 Å². The normalized spacial score (nSPS) is 20.4. The summed E-state index contributed by atoms with van der Waals surface area (Å²) in [5, 5.41) is 1.09. The molecule has 0 saturated carbocycles. The number of furan rings is 1. The van der Waals surface area contributed by atoms with Gasteiger partial charge in [0.1, 0.15) is 6.04 Å². The summed E-state index contributed by atoms with van der Waals surface area (Å²) < 4.78 is 6.57. The highest BCUT2D eigenvalue weighted by Gasteiger charge is 2.39. The van der Waals surface area contributed by atoms with Gasteiger partial charge in [0.25, 0.3) is 5.91 Å². The monoisotopic (exact) mass is 471 g/mol. The lowest BCUT2D eigenvalue weighted by Gasteiger charge is -2.40. The zero-order valence-corrected chi connectivity index (χ0v) is 19.5. The van der Waals surface area contributed by atoms with E-state index in [0.717, 1.165) is 34.5 Å². The molecule has 6 rings (SSSR count). The van der Waals surface area contributed by atoms with Crippen LogP contribution in [-0.4, -0.2) is 45.7 Å². The Kier molecular flexibility index (Phi) is 5.41. The summed E-state index contributed by atoms with van der Waals surface area (Å²) in [5.74, 6) is 0.265. The molecule has 1 saturated heterocycles. The molecule has 2 aromatic heterocycles. The molecule has 7 heteroatoms. The molecule has 4 heterocycles. The van der Waals surface area contributed by atoms with E-state index in [1.54, 1.807) is 28.4 Å².